The number of carbonyl (C=O) groups is 1. The van der Waals surface area contributed by atoms with Crippen molar-refractivity contribution in [3.8, 4) is 0 Å². The monoisotopic (exact) mass is 171 g/mol. The quantitative estimate of drug-likeness (QED) is 0.484. The van der Waals surface area contributed by atoms with E-state index in [4.69, 9.17) is 5.73 Å². The van der Waals surface area contributed by atoms with Crippen LogP contribution >= 0.6 is 0 Å². The van der Waals surface area contributed by atoms with E-state index in [1.807, 2.05) is 0 Å². The fourth-order valence-electron chi connectivity index (χ4n) is 2.30. The molecular weight excluding hydrogens is 154 g/mol. The van der Waals surface area contributed by atoms with Crippen molar-refractivity contribution in [1.82, 2.24) is 0 Å². The maximum atomic E-state index is 11.2. The fourth-order valence-corrected chi connectivity index (χ4v) is 2.30. The van der Waals surface area contributed by atoms with Gasteiger partial charge in [0.25, 0.3) is 0 Å². The number of hydrogen-bond acceptors (Lipinski definition) is 1. The Balaban J connectivity index is 2.20. The van der Waals surface area contributed by atoms with Crippen molar-refractivity contribution in [2.75, 3.05) is 46.3 Å². The van der Waals surface area contributed by atoms with Crippen LogP contribution in [0, 0.1) is 0 Å². The molecule has 0 aromatic heterocycles. The molecule has 3 saturated heterocycles. The molecule has 68 valence electrons. The van der Waals surface area contributed by atoms with E-state index in [9.17, 15) is 4.79 Å². The highest BCUT2D eigenvalue weighted by Gasteiger charge is 2.50. The molecule has 0 saturated carbocycles. The number of fused-ring (bicyclic) bond motifs is 3. The lowest BCUT2D eigenvalue weighted by Gasteiger charge is -2.51. The minimum absolute atomic E-state index is 0.124. The number of nitrogens with two attached hydrogens (primary N) is 1. The molecule has 0 aromatic rings. The van der Waals surface area contributed by atoms with E-state index in [1.54, 1.807) is 0 Å². The number of hydrogen-bond donors (Lipinski definition) is 1. The molecule has 3 rings (SSSR count). The normalized spacial score (nSPS) is 46.1. The van der Waals surface area contributed by atoms with Crippen LogP contribution in [0.1, 0.15) is 0 Å². The first-order chi connectivity index (χ1) is 5.56. The molecule has 0 spiro atoms. The van der Waals surface area contributed by atoms with Crippen molar-refractivity contribution in [1.29, 1.82) is 0 Å². The summed E-state index contributed by atoms with van der Waals surface area (Å²) in [5.41, 5.74) is 5.41. The van der Waals surface area contributed by atoms with Crippen molar-refractivity contribution in [3.05, 3.63) is 0 Å². The Kier molecular flexibility index (Phi) is 1.47. The smallest absolute Gasteiger partial charge is 0.319 e. The van der Waals surface area contributed by atoms with Crippen LogP contribution < -0.4 is 5.73 Å². The van der Waals surface area contributed by atoms with Gasteiger partial charge in [-0.05, 0) is 0 Å². The summed E-state index contributed by atoms with van der Waals surface area (Å²) in [5, 5.41) is 0. The van der Waals surface area contributed by atoms with E-state index in [-0.39, 0.29) is 6.03 Å². The Hall–Kier alpha value is -0.610. The molecule has 4 heteroatoms. The number of primary amides is 1. The SMILES string of the molecule is C[N+]12CC[N+](C(N)=O)(CC1)CC2. The van der Waals surface area contributed by atoms with Gasteiger partial charge in [-0.3, -0.25) is 0 Å². The third kappa shape index (κ3) is 0.949. The Labute approximate surface area is 72.7 Å². The molecule has 0 radical (unpaired) electrons. The number of carbonyl (C=O) groups excluding carboxylic acids is 1. The zero-order valence-corrected chi connectivity index (χ0v) is 7.62. The number of rotatable bonds is 0. The summed E-state index contributed by atoms with van der Waals surface area (Å²) in [7, 11) is 2.27. The maximum absolute atomic E-state index is 11.2. The number of quaternary nitrogens is 2. The van der Waals surface area contributed by atoms with Crippen molar-refractivity contribution in [2.45, 2.75) is 0 Å². The molecule has 3 fully saturated rings. The van der Waals surface area contributed by atoms with Crippen LogP contribution in [0.25, 0.3) is 0 Å². The lowest BCUT2D eigenvalue weighted by Crippen LogP contribution is -2.76. The van der Waals surface area contributed by atoms with E-state index < -0.39 is 0 Å². The molecule has 0 aliphatic carbocycles. The van der Waals surface area contributed by atoms with Gasteiger partial charge in [-0.1, -0.05) is 0 Å². The molecule has 0 atom stereocenters. The van der Waals surface area contributed by atoms with Gasteiger partial charge < -0.3 is 10.2 Å². The lowest BCUT2D eigenvalue weighted by molar-refractivity contribution is -1.04. The molecular formula is C8H17N3O+2. The zero-order chi connectivity index (χ0) is 8.82. The maximum Gasteiger partial charge on any atom is 0.414 e. The summed E-state index contributed by atoms with van der Waals surface area (Å²) in [5.74, 6) is 0. The van der Waals surface area contributed by atoms with Gasteiger partial charge in [0.15, 0.2) is 0 Å². The first-order valence-electron chi connectivity index (χ1n) is 4.56. The van der Waals surface area contributed by atoms with E-state index in [0.29, 0.717) is 4.48 Å². The minimum Gasteiger partial charge on any atom is -0.319 e. The number of urea groups is 1. The second kappa shape index (κ2) is 2.20. The highest BCUT2D eigenvalue weighted by molar-refractivity contribution is 5.64. The second-order valence-electron chi connectivity index (χ2n) is 4.44. The van der Waals surface area contributed by atoms with Gasteiger partial charge in [-0.25, -0.2) is 9.28 Å². The fraction of sp³-hybridized carbons (Fsp3) is 0.875. The van der Waals surface area contributed by atoms with Crippen molar-refractivity contribution in [2.24, 2.45) is 5.73 Å². The van der Waals surface area contributed by atoms with E-state index in [2.05, 4.69) is 7.05 Å². The predicted octanol–water partition coefficient (Wildman–Crippen LogP) is -0.644. The second-order valence-corrected chi connectivity index (χ2v) is 4.44. The van der Waals surface area contributed by atoms with Gasteiger partial charge >= 0.3 is 6.03 Å². The van der Waals surface area contributed by atoms with Crippen LogP contribution in [-0.2, 0) is 0 Å². The predicted molar refractivity (Wildman–Crippen MR) is 45.2 cm³/mol. The zero-order valence-electron chi connectivity index (χ0n) is 7.62. The van der Waals surface area contributed by atoms with Crippen LogP contribution in [-0.4, -0.2) is 61.3 Å². The molecule has 3 heterocycles. The van der Waals surface area contributed by atoms with Crippen LogP contribution in [0.2, 0.25) is 0 Å². The van der Waals surface area contributed by atoms with Crippen LogP contribution in [0.3, 0.4) is 0 Å². The Bertz CT molecular complexity index is 202. The summed E-state index contributed by atoms with van der Waals surface area (Å²) >= 11 is 0. The Morgan fingerprint density at radius 3 is 1.83 bits per heavy atom. The van der Waals surface area contributed by atoms with E-state index in [0.717, 1.165) is 43.8 Å². The van der Waals surface area contributed by atoms with Gasteiger partial charge in [0.1, 0.15) is 39.3 Å². The van der Waals surface area contributed by atoms with Crippen LogP contribution in [0.5, 0.6) is 0 Å². The highest BCUT2D eigenvalue weighted by Crippen LogP contribution is 2.23. The first-order valence-corrected chi connectivity index (χ1v) is 4.56. The van der Waals surface area contributed by atoms with Gasteiger partial charge in [0.2, 0.25) is 0 Å². The summed E-state index contributed by atoms with van der Waals surface area (Å²) in [4.78, 5) is 11.2. The van der Waals surface area contributed by atoms with Gasteiger partial charge in [0.05, 0.1) is 7.05 Å². The highest BCUT2D eigenvalue weighted by atomic mass is 16.2. The summed E-state index contributed by atoms with van der Waals surface area (Å²) in [6.45, 7) is 6.19. The third-order valence-electron chi connectivity index (χ3n) is 3.67. The third-order valence-corrected chi connectivity index (χ3v) is 3.67. The van der Waals surface area contributed by atoms with Gasteiger partial charge in [0, 0.05) is 0 Å². The van der Waals surface area contributed by atoms with Crippen LogP contribution in [0.15, 0.2) is 0 Å². The molecule has 2 bridgehead atoms. The Morgan fingerprint density at radius 2 is 1.50 bits per heavy atom. The topological polar surface area (TPSA) is 43.1 Å². The summed E-state index contributed by atoms with van der Waals surface area (Å²) in [6, 6.07) is -0.124. The summed E-state index contributed by atoms with van der Waals surface area (Å²) in [6.07, 6.45) is 0. The molecule has 0 aromatic carbocycles. The molecule has 4 nitrogen and oxygen atoms in total. The van der Waals surface area contributed by atoms with E-state index in [1.165, 1.54) is 0 Å². The first kappa shape index (κ1) is 8.01. The average molecular weight is 171 g/mol. The van der Waals surface area contributed by atoms with Crippen molar-refractivity contribution in [3.63, 3.8) is 0 Å². The summed E-state index contributed by atoms with van der Waals surface area (Å²) < 4.78 is 1.70. The van der Waals surface area contributed by atoms with Crippen molar-refractivity contribution < 1.29 is 13.8 Å². The standard InChI is InChI=1S/C8H16N3O/c1-10-2-5-11(6-3-10,7-4-10)8(9)12/h2-7H2,1H3,(H-,9,12)/q+1/p+1. The van der Waals surface area contributed by atoms with Gasteiger partial charge in [-0.2, -0.15) is 0 Å². The number of piperazine rings is 3. The van der Waals surface area contributed by atoms with Gasteiger partial charge in [-0.15, -0.1) is 0 Å². The Morgan fingerprint density at radius 1 is 1.08 bits per heavy atom. The number of likely N-dealkylation sites (N-methyl/N-ethyl adjacent to an activating group) is 1. The van der Waals surface area contributed by atoms with E-state index >= 15 is 0 Å². The molecule has 2 amide bonds. The molecule has 3 aliphatic heterocycles. The largest absolute Gasteiger partial charge is 0.414 e. The molecule has 0 unspecified atom stereocenters. The lowest BCUT2D eigenvalue weighted by atomic mass is 10.1. The molecule has 2 N–H and O–H groups in total. The number of amides is 2. The molecule has 12 heavy (non-hydrogen) atoms. The minimum atomic E-state index is -0.124. The number of nitrogens with zero attached hydrogens (tertiary/aromatic N) is 2. The molecule has 3 aliphatic rings. The van der Waals surface area contributed by atoms with Crippen LogP contribution in [0.4, 0.5) is 4.79 Å². The van der Waals surface area contributed by atoms with Crippen molar-refractivity contribution >= 4 is 6.03 Å². The average Bonchev–Trinajstić information content (AvgIpc) is 2.06.